The van der Waals surface area contributed by atoms with Gasteiger partial charge in [0.25, 0.3) is 11.7 Å². The van der Waals surface area contributed by atoms with E-state index in [2.05, 4.69) is 0 Å². The molecule has 0 radical (unpaired) electrons. The van der Waals surface area contributed by atoms with Crippen molar-refractivity contribution in [2.75, 3.05) is 25.2 Å². The smallest absolute Gasteiger partial charge is 0.300 e. The number of nitrogens with zero attached hydrogens (tertiary/aromatic N) is 1. The maximum absolute atomic E-state index is 13.7. The Kier molecular flexibility index (Phi) is 5.41. The minimum Gasteiger partial charge on any atom is -0.507 e. The van der Waals surface area contributed by atoms with Crippen molar-refractivity contribution in [2.24, 2.45) is 0 Å². The van der Waals surface area contributed by atoms with Gasteiger partial charge >= 0.3 is 0 Å². The SMILES string of the molecule is COc1cccc(N2C(=O)C(=O)/C(=C(\O)c3ccc4c(c3)OCCO4)C2c2ccc(F)cc2)c1. The van der Waals surface area contributed by atoms with Crippen molar-refractivity contribution in [2.45, 2.75) is 6.04 Å². The zero-order chi connectivity index (χ0) is 23.8. The summed E-state index contributed by atoms with van der Waals surface area (Å²) in [7, 11) is 1.49. The standard InChI is InChI=1S/C26H20FNO6/c1-32-19-4-2-3-18(14-19)28-23(15-5-8-17(27)9-6-15)22(25(30)26(28)31)24(29)16-7-10-20-21(13-16)34-12-11-33-20/h2-10,13-14,23,29H,11-12H2,1H3/b24-22-. The Bertz CT molecular complexity index is 1320. The molecule has 1 fully saturated rings. The van der Waals surface area contributed by atoms with Crippen LogP contribution in [0.4, 0.5) is 10.1 Å². The minimum absolute atomic E-state index is 0.115. The van der Waals surface area contributed by atoms with E-state index >= 15 is 0 Å². The topological polar surface area (TPSA) is 85.3 Å². The van der Waals surface area contributed by atoms with Crippen molar-refractivity contribution in [1.82, 2.24) is 0 Å². The van der Waals surface area contributed by atoms with Gasteiger partial charge in [-0.15, -0.1) is 0 Å². The van der Waals surface area contributed by atoms with E-state index in [0.717, 1.165) is 0 Å². The first-order valence-electron chi connectivity index (χ1n) is 10.6. The number of carbonyl (C=O) groups excluding carboxylic acids is 2. The number of amides is 1. The highest BCUT2D eigenvalue weighted by Crippen LogP contribution is 2.43. The predicted molar refractivity (Wildman–Crippen MR) is 122 cm³/mol. The monoisotopic (exact) mass is 461 g/mol. The van der Waals surface area contributed by atoms with Gasteiger partial charge in [0.1, 0.15) is 30.5 Å². The van der Waals surface area contributed by atoms with Crippen LogP contribution in [0.2, 0.25) is 0 Å². The van der Waals surface area contributed by atoms with Crippen molar-refractivity contribution in [3.8, 4) is 17.2 Å². The number of ether oxygens (including phenoxy) is 3. The van der Waals surface area contributed by atoms with Gasteiger partial charge in [-0.25, -0.2) is 4.39 Å². The Labute approximate surface area is 194 Å². The number of Topliss-reactive ketones (excluding diaryl/α,β-unsaturated/α-hetero) is 1. The predicted octanol–water partition coefficient (Wildman–Crippen LogP) is 4.23. The van der Waals surface area contributed by atoms with Crippen LogP contribution in [0.1, 0.15) is 17.2 Å². The fourth-order valence-corrected chi connectivity index (χ4v) is 4.17. The number of benzene rings is 3. The quantitative estimate of drug-likeness (QED) is 0.356. The summed E-state index contributed by atoms with van der Waals surface area (Å²) in [5.74, 6) is -1.07. The van der Waals surface area contributed by atoms with Gasteiger partial charge in [0.2, 0.25) is 0 Å². The van der Waals surface area contributed by atoms with E-state index < -0.39 is 23.5 Å². The summed E-state index contributed by atoms with van der Waals surface area (Å²) in [6, 6.07) is 15.9. The molecule has 5 rings (SSSR count). The van der Waals surface area contributed by atoms with Crippen LogP contribution in [0.5, 0.6) is 17.2 Å². The van der Waals surface area contributed by atoms with Gasteiger partial charge in [-0.05, 0) is 48.0 Å². The van der Waals surface area contributed by atoms with Crippen molar-refractivity contribution in [3.63, 3.8) is 0 Å². The Morgan fingerprint density at radius 3 is 2.47 bits per heavy atom. The molecule has 8 heteroatoms. The molecule has 3 aromatic carbocycles. The highest BCUT2D eigenvalue weighted by Gasteiger charge is 2.47. The fourth-order valence-electron chi connectivity index (χ4n) is 4.17. The largest absolute Gasteiger partial charge is 0.507 e. The van der Waals surface area contributed by atoms with Crippen molar-refractivity contribution < 1.29 is 33.3 Å². The molecule has 1 unspecified atom stereocenters. The number of hydrogen-bond acceptors (Lipinski definition) is 6. The van der Waals surface area contributed by atoms with Gasteiger partial charge in [-0.2, -0.15) is 0 Å². The van der Waals surface area contributed by atoms with E-state index in [1.54, 1.807) is 42.5 Å². The molecule has 3 aromatic rings. The molecular formula is C26H20FNO6. The van der Waals surface area contributed by atoms with Crippen molar-refractivity contribution >= 4 is 23.1 Å². The van der Waals surface area contributed by atoms with Crippen LogP contribution in [0, 0.1) is 5.82 Å². The molecule has 34 heavy (non-hydrogen) atoms. The molecule has 2 heterocycles. The first kappa shape index (κ1) is 21.5. The van der Waals surface area contributed by atoms with E-state index in [9.17, 15) is 19.1 Å². The average Bonchev–Trinajstić information content (AvgIpc) is 3.14. The molecule has 7 nitrogen and oxygen atoms in total. The molecule has 0 aromatic heterocycles. The third-order valence-electron chi connectivity index (χ3n) is 5.78. The van der Waals surface area contributed by atoms with Crippen molar-refractivity contribution in [1.29, 1.82) is 0 Å². The summed E-state index contributed by atoms with van der Waals surface area (Å²) in [5.41, 5.74) is 1.04. The number of fused-ring (bicyclic) bond motifs is 1. The summed E-state index contributed by atoms with van der Waals surface area (Å²) in [6.45, 7) is 0.765. The Morgan fingerprint density at radius 1 is 1.00 bits per heavy atom. The lowest BCUT2D eigenvalue weighted by Gasteiger charge is -2.26. The van der Waals surface area contributed by atoms with Crippen LogP contribution < -0.4 is 19.1 Å². The molecule has 1 atom stereocenters. The van der Waals surface area contributed by atoms with Crippen LogP contribution >= 0.6 is 0 Å². The summed E-state index contributed by atoms with van der Waals surface area (Å²) in [6.07, 6.45) is 0. The molecule has 172 valence electrons. The van der Waals surface area contributed by atoms with Crippen LogP contribution in [-0.4, -0.2) is 37.1 Å². The Morgan fingerprint density at radius 2 is 1.74 bits per heavy atom. The van der Waals surface area contributed by atoms with Crippen LogP contribution in [0.3, 0.4) is 0 Å². The Hall–Kier alpha value is -4.33. The molecule has 0 bridgehead atoms. The molecule has 0 saturated carbocycles. The number of methoxy groups -OCH3 is 1. The fraction of sp³-hybridized carbons (Fsp3) is 0.154. The summed E-state index contributed by atoms with van der Waals surface area (Å²) >= 11 is 0. The third kappa shape index (κ3) is 3.63. The summed E-state index contributed by atoms with van der Waals surface area (Å²) in [5, 5.41) is 11.2. The van der Waals surface area contributed by atoms with Gasteiger partial charge < -0.3 is 19.3 Å². The number of carbonyl (C=O) groups is 2. The van der Waals surface area contributed by atoms with Crippen molar-refractivity contribution in [3.05, 3.63) is 89.2 Å². The molecule has 1 saturated heterocycles. The number of anilines is 1. The number of aliphatic hydroxyl groups is 1. The lowest BCUT2D eigenvalue weighted by molar-refractivity contribution is -0.132. The summed E-state index contributed by atoms with van der Waals surface area (Å²) < 4.78 is 30.1. The number of ketones is 1. The first-order chi connectivity index (χ1) is 16.5. The second-order valence-corrected chi connectivity index (χ2v) is 7.78. The first-order valence-corrected chi connectivity index (χ1v) is 10.6. The van der Waals surface area contributed by atoms with E-state index in [-0.39, 0.29) is 11.3 Å². The van der Waals surface area contributed by atoms with Crippen LogP contribution in [0.15, 0.2) is 72.3 Å². The lowest BCUT2D eigenvalue weighted by Crippen LogP contribution is -2.29. The summed E-state index contributed by atoms with van der Waals surface area (Å²) in [4.78, 5) is 27.7. The van der Waals surface area contributed by atoms with Crippen LogP contribution in [-0.2, 0) is 9.59 Å². The van der Waals surface area contributed by atoms with E-state index in [1.165, 1.54) is 36.3 Å². The minimum atomic E-state index is -0.985. The zero-order valence-electron chi connectivity index (χ0n) is 18.2. The van der Waals surface area contributed by atoms with Crippen LogP contribution in [0.25, 0.3) is 5.76 Å². The zero-order valence-corrected chi connectivity index (χ0v) is 18.2. The average molecular weight is 461 g/mol. The van der Waals surface area contributed by atoms with E-state index in [4.69, 9.17) is 14.2 Å². The number of hydrogen-bond donors (Lipinski definition) is 1. The molecule has 2 aliphatic rings. The molecule has 0 aliphatic carbocycles. The van der Waals surface area contributed by atoms with E-state index in [1.807, 2.05) is 0 Å². The van der Waals surface area contributed by atoms with Gasteiger partial charge in [-0.3, -0.25) is 14.5 Å². The maximum atomic E-state index is 13.7. The van der Waals surface area contributed by atoms with Gasteiger partial charge in [0.15, 0.2) is 11.5 Å². The second kappa shape index (κ2) is 8.55. The molecule has 1 amide bonds. The molecular weight excluding hydrogens is 441 g/mol. The Balaban J connectivity index is 1.69. The normalized spacial score (nSPS) is 18.8. The number of halogens is 1. The van der Waals surface area contributed by atoms with Gasteiger partial charge in [0.05, 0.1) is 18.7 Å². The highest BCUT2D eigenvalue weighted by molar-refractivity contribution is 6.51. The van der Waals surface area contributed by atoms with E-state index in [0.29, 0.717) is 47.3 Å². The molecule has 2 aliphatic heterocycles. The number of aliphatic hydroxyl groups excluding tert-OH is 1. The third-order valence-corrected chi connectivity index (χ3v) is 5.78. The second-order valence-electron chi connectivity index (χ2n) is 7.78. The van der Waals surface area contributed by atoms with Gasteiger partial charge in [-0.1, -0.05) is 18.2 Å². The maximum Gasteiger partial charge on any atom is 0.300 e. The highest BCUT2D eigenvalue weighted by atomic mass is 19.1. The lowest BCUT2D eigenvalue weighted by atomic mass is 9.95. The number of rotatable bonds is 4. The molecule has 1 N–H and O–H groups in total. The van der Waals surface area contributed by atoms with Gasteiger partial charge in [0, 0.05) is 17.3 Å². The molecule has 0 spiro atoms.